The minimum atomic E-state index is -0.957. The molecule has 1 aliphatic heterocycles. The van der Waals surface area contributed by atoms with Gasteiger partial charge in [-0.05, 0) is 44.4 Å². The summed E-state index contributed by atoms with van der Waals surface area (Å²) in [4.78, 5) is 24.9. The molecule has 0 aromatic heterocycles. The summed E-state index contributed by atoms with van der Waals surface area (Å²) in [7, 11) is 0. The number of nitrogens with zero attached hydrogens (tertiary/aromatic N) is 1. The number of hydrogen-bond acceptors (Lipinski definition) is 4. The van der Waals surface area contributed by atoms with E-state index in [9.17, 15) is 9.59 Å². The van der Waals surface area contributed by atoms with E-state index < -0.39 is 5.97 Å². The van der Waals surface area contributed by atoms with E-state index in [0.717, 1.165) is 18.4 Å². The molecule has 1 aromatic rings. The summed E-state index contributed by atoms with van der Waals surface area (Å²) >= 11 is 0. The maximum absolute atomic E-state index is 12.2. The number of rotatable bonds is 8. The second-order valence-electron chi connectivity index (χ2n) is 6.64. The number of carboxylic acid groups (broad SMARTS) is 1. The molecule has 1 aromatic carbocycles. The van der Waals surface area contributed by atoms with Gasteiger partial charge < -0.3 is 24.8 Å². The zero-order valence-electron chi connectivity index (χ0n) is 15.4. The highest BCUT2D eigenvalue weighted by Crippen LogP contribution is 2.14. The number of carbonyl (C=O) groups is 2. The fourth-order valence-corrected chi connectivity index (χ4v) is 2.78. The smallest absolute Gasteiger partial charge is 0.335 e. The minimum absolute atomic E-state index is 0.103. The first-order valence-electron chi connectivity index (χ1n) is 9.04. The maximum atomic E-state index is 12.2. The lowest BCUT2D eigenvalue weighted by molar-refractivity contribution is -0.0297. The van der Waals surface area contributed by atoms with Crippen LogP contribution in [0.5, 0.6) is 0 Å². The Morgan fingerprint density at radius 2 is 1.85 bits per heavy atom. The molecule has 7 heteroatoms. The normalized spacial score (nSPS) is 15.3. The average Bonchev–Trinajstić information content (AvgIpc) is 2.64. The van der Waals surface area contributed by atoms with Crippen molar-refractivity contribution in [1.29, 1.82) is 0 Å². The zero-order chi connectivity index (χ0) is 18.9. The fourth-order valence-electron chi connectivity index (χ4n) is 2.78. The molecule has 2 amide bonds. The topological polar surface area (TPSA) is 88.1 Å². The molecule has 0 saturated carbocycles. The van der Waals surface area contributed by atoms with Crippen LogP contribution in [0.1, 0.15) is 42.6 Å². The van der Waals surface area contributed by atoms with Crippen LogP contribution in [0.15, 0.2) is 24.3 Å². The highest BCUT2D eigenvalue weighted by molar-refractivity contribution is 5.87. The van der Waals surface area contributed by atoms with E-state index >= 15 is 0 Å². The van der Waals surface area contributed by atoms with Crippen LogP contribution in [0, 0.1) is 0 Å². The molecular weight excluding hydrogens is 336 g/mol. The second kappa shape index (κ2) is 10.1. The lowest BCUT2D eigenvalue weighted by Gasteiger charge is -2.32. The van der Waals surface area contributed by atoms with Gasteiger partial charge in [-0.2, -0.15) is 0 Å². The summed E-state index contributed by atoms with van der Waals surface area (Å²) in [5, 5.41) is 11.8. The maximum Gasteiger partial charge on any atom is 0.335 e. The second-order valence-corrected chi connectivity index (χ2v) is 6.64. The summed E-state index contributed by atoms with van der Waals surface area (Å²) in [6.45, 7) is 6.89. The van der Waals surface area contributed by atoms with Crippen LogP contribution in [-0.2, 0) is 16.0 Å². The van der Waals surface area contributed by atoms with Crippen LogP contribution in [0.4, 0.5) is 4.79 Å². The van der Waals surface area contributed by atoms with Crippen molar-refractivity contribution in [3.63, 3.8) is 0 Å². The minimum Gasteiger partial charge on any atom is -0.478 e. The molecule has 0 spiro atoms. The first-order valence-corrected chi connectivity index (χ1v) is 9.04. The van der Waals surface area contributed by atoms with Crippen molar-refractivity contribution in [1.82, 2.24) is 10.2 Å². The highest BCUT2D eigenvalue weighted by Gasteiger charge is 2.23. The van der Waals surface area contributed by atoms with Gasteiger partial charge in [0.15, 0.2) is 0 Å². The average molecular weight is 364 g/mol. The summed E-state index contributed by atoms with van der Waals surface area (Å²) in [5.41, 5.74) is 1.10. The van der Waals surface area contributed by atoms with Crippen molar-refractivity contribution in [3.8, 4) is 0 Å². The number of piperidine rings is 1. The van der Waals surface area contributed by atoms with Gasteiger partial charge in [-0.25, -0.2) is 9.59 Å². The monoisotopic (exact) mass is 364 g/mol. The molecule has 2 N–H and O–H groups in total. The Morgan fingerprint density at radius 3 is 2.42 bits per heavy atom. The van der Waals surface area contributed by atoms with E-state index in [4.69, 9.17) is 14.6 Å². The molecule has 0 atom stereocenters. The van der Waals surface area contributed by atoms with Gasteiger partial charge in [-0.3, -0.25) is 0 Å². The molecule has 0 bridgehead atoms. The molecule has 2 rings (SSSR count). The van der Waals surface area contributed by atoms with Crippen molar-refractivity contribution in [2.75, 3.05) is 26.3 Å². The van der Waals surface area contributed by atoms with Gasteiger partial charge in [-0.1, -0.05) is 12.1 Å². The van der Waals surface area contributed by atoms with Gasteiger partial charge in [0.05, 0.1) is 31.0 Å². The largest absolute Gasteiger partial charge is 0.478 e. The quantitative estimate of drug-likeness (QED) is 0.692. The number of carbonyl (C=O) groups excluding carboxylic acids is 1. The number of likely N-dealkylation sites (tertiary alicyclic amines) is 1. The lowest BCUT2D eigenvalue weighted by Crippen LogP contribution is -2.45. The first-order chi connectivity index (χ1) is 12.5. The number of carboxylic acids is 1. The highest BCUT2D eigenvalue weighted by atomic mass is 16.5. The Labute approximate surface area is 154 Å². The van der Waals surface area contributed by atoms with Crippen LogP contribution in [0.3, 0.4) is 0 Å². The van der Waals surface area contributed by atoms with Gasteiger partial charge >= 0.3 is 12.0 Å². The number of benzene rings is 1. The van der Waals surface area contributed by atoms with Gasteiger partial charge in [0.25, 0.3) is 0 Å². The Balaban J connectivity index is 1.65. The van der Waals surface area contributed by atoms with Crippen LogP contribution < -0.4 is 5.32 Å². The van der Waals surface area contributed by atoms with Crippen LogP contribution >= 0.6 is 0 Å². The van der Waals surface area contributed by atoms with Crippen LogP contribution in [0.2, 0.25) is 0 Å². The Morgan fingerprint density at radius 1 is 1.19 bits per heavy atom. The molecule has 1 heterocycles. The van der Waals surface area contributed by atoms with E-state index in [-0.39, 0.29) is 23.8 Å². The number of ether oxygens (including phenoxy) is 2. The molecule has 0 unspecified atom stereocenters. The van der Waals surface area contributed by atoms with Gasteiger partial charge in [-0.15, -0.1) is 0 Å². The number of hydrogen-bond donors (Lipinski definition) is 2. The van der Waals surface area contributed by atoms with Crippen LogP contribution in [-0.4, -0.2) is 60.5 Å². The van der Waals surface area contributed by atoms with Crippen molar-refractivity contribution in [3.05, 3.63) is 35.4 Å². The van der Waals surface area contributed by atoms with Crippen molar-refractivity contribution in [2.45, 2.75) is 45.4 Å². The summed E-state index contributed by atoms with van der Waals surface area (Å²) in [6, 6.07) is 6.39. The fraction of sp³-hybridized carbons (Fsp3) is 0.579. The van der Waals surface area contributed by atoms with E-state index in [2.05, 4.69) is 5.32 Å². The molecule has 1 saturated heterocycles. The summed E-state index contributed by atoms with van der Waals surface area (Å²) < 4.78 is 11.2. The van der Waals surface area contributed by atoms with E-state index in [1.165, 1.54) is 12.1 Å². The van der Waals surface area contributed by atoms with E-state index in [1.54, 1.807) is 17.0 Å². The molecule has 1 fully saturated rings. The molecule has 26 heavy (non-hydrogen) atoms. The van der Waals surface area contributed by atoms with Crippen molar-refractivity contribution < 1.29 is 24.2 Å². The molecule has 7 nitrogen and oxygen atoms in total. The Hall–Kier alpha value is -2.12. The zero-order valence-corrected chi connectivity index (χ0v) is 15.4. The Kier molecular flexibility index (Phi) is 7.87. The van der Waals surface area contributed by atoms with Gasteiger partial charge in [0.2, 0.25) is 0 Å². The molecule has 1 aliphatic rings. The standard InChI is InChI=1S/C19H28N2O5/c1-14(2)25-11-12-26-17-7-9-21(10-8-17)19(24)20-13-15-3-5-16(6-4-15)18(22)23/h3-6,14,17H,7-13H2,1-2H3,(H,20,24)(H,22,23). The molecule has 144 valence electrons. The SMILES string of the molecule is CC(C)OCCOC1CCN(C(=O)NCc2ccc(C(=O)O)cc2)CC1. The molecular formula is C19H28N2O5. The third kappa shape index (κ3) is 6.65. The number of amides is 2. The van der Waals surface area contributed by atoms with Gasteiger partial charge in [0.1, 0.15) is 0 Å². The van der Waals surface area contributed by atoms with Crippen molar-refractivity contribution in [2.24, 2.45) is 0 Å². The Bertz CT molecular complexity index is 580. The molecule has 0 radical (unpaired) electrons. The van der Waals surface area contributed by atoms with E-state index in [0.29, 0.717) is 32.8 Å². The summed E-state index contributed by atoms with van der Waals surface area (Å²) in [5.74, 6) is -0.957. The van der Waals surface area contributed by atoms with E-state index in [1.807, 2.05) is 13.8 Å². The predicted molar refractivity (Wildman–Crippen MR) is 97.3 cm³/mol. The first kappa shape index (κ1) is 20.2. The predicted octanol–water partition coefficient (Wildman–Crippen LogP) is 2.50. The van der Waals surface area contributed by atoms with Gasteiger partial charge in [0, 0.05) is 19.6 Å². The number of nitrogens with one attached hydrogen (secondary N) is 1. The van der Waals surface area contributed by atoms with Crippen molar-refractivity contribution >= 4 is 12.0 Å². The number of urea groups is 1. The third-order valence-corrected chi connectivity index (χ3v) is 4.26. The number of aromatic carboxylic acids is 1. The molecule has 0 aliphatic carbocycles. The summed E-state index contributed by atoms with van der Waals surface area (Å²) in [6.07, 6.45) is 2.04. The van der Waals surface area contributed by atoms with Crippen LogP contribution in [0.25, 0.3) is 0 Å². The third-order valence-electron chi connectivity index (χ3n) is 4.26. The lowest BCUT2D eigenvalue weighted by atomic mass is 10.1.